The highest BCUT2D eigenvalue weighted by Crippen LogP contribution is 2.08. The molecule has 0 aliphatic rings. The minimum atomic E-state index is -0.605. The second-order valence-electron chi connectivity index (χ2n) is 4.44. The summed E-state index contributed by atoms with van der Waals surface area (Å²) in [5.41, 5.74) is 0.344. The van der Waals surface area contributed by atoms with Crippen molar-refractivity contribution in [2.45, 2.75) is 26.4 Å². The van der Waals surface area contributed by atoms with Crippen LogP contribution < -0.4 is 5.32 Å². The van der Waals surface area contributed by atoms with Crippen molar-refractivity contribution in [1.29, 1.82) is 0 Å². The van der Waals surface area contributed by atoms with E-state index >= 15 is 0 Å². The van der Waals surface area contributed by atoms with Crippen molar-refractivity contribution in [2.75, 3.05) is 13.6 Å². The van der Waals surface area contributed by atoms with Crippen LogP contribution in [0.3, 0.4) is 0 Å². The normalized spacial score (nSPS) is 10.8. The van der Waals surface area contributed by atoms with Crippen LogP contribution in [0.5, 0.6) is 0 Å². The fourth-order valence-corrected chi connectivity index (χ4v) is 1.38. The van der Waals surface area contributed by atoms with Crippen molar-refractivity contribution in [3.63, 3.8) is 0 Å². The van der Waals surface area contributed by atoms with Gasteiger partial charge in [-0.3, -0.25) is 4.79 Å². The fourth-order valence-electron chi connectivity index (χ4n) is 1.38. The zero-order chi connectivity index (χ0) is 13.7. The molecule has 0 radical (unpaired) electrons. The van der Waals surface area contributed by atoms with Gasteiger partial charge in [-0.1, -0.05) is 6.07 Å². The van der Waals surface area contributed by atoms with Crippen LogP contribution in [0.1, 0.15) is 19.4 Å². The molecule has 0 spiro atoms. The van der Waals surface area contributed by atoms with E-state index in [4.69, 9.17) is 0 Å². The number of hydrogen-bond acceptors (Lipinski definition) is 2. The molecule has 0 heterocycles. The molecule has 0 saturated carbocycles. The molecular formula is C13H18F2N2O. The van der Waals surface area contributed by atoms with Crippen LogP contribution in [0.15, 0.2) is 18.2 Å². The fraction of sp³-hybridized carbons (Fsp3) is 0.462. The predicted molar refractivity (Wildman–Crippen MR) is 66.0 cm³/mol. The molecule has 1 amide bonds. The van der Waals surface area contributed by atoms with Gasteiger partial charge in [-0.15, -0.1) is 0 Å². The van der Waals surface area contributed by atoms with Gasteiger partial charge in [0.15, 0.2) is 0 Å². The largest absolute Gasteiger partial charge is 0.342 e. The van der Waals surface area contributed by atoms with E-state index in [9.17, 15) is 13.6 Å². The van der Waals surface area contributed by atoms with Gasteiger partial charge in [-0.25, -0.2) is 8.78 Å². The number of amides is 1. The lowest BCUT2D eigenvalue weighted by Gasteiger charge is -2.21. The molecule has 0 aliphatic heterocycles. The van der Waals surface area contributed by atoms with E-state index in [-0.39, 0.29) is 25.0 Å². The Morgan fingerprint density at radius 3 is 2.61 bits per heavy atom. The van der Waals surface area contributed by atoms with E-state index in [1.165, 1.54) is 12.1 Å². The maximum Gasteiger partial charge on any atom is 0.236 e. The van der Waals surface area contributed by atoms with Crippen LogP contribution >= 0.6 is 0 Å². The number of likely N-dealkylation sites (N-methyl/N-ethyl adjacent to an activating group) is 1. The highest BCUT2D eigenvalue weighted by atomic mass is 19.1. The Labute approximate surface area is 106 Å². The van der Waals surface area contributed by atoms with Crippen LogP contribution in [0.25, 0.3) is 0 Å². The van der Waals surface area contributed by atoms with E-state index in [1.807, 2.05) is 13.8 Å². The average molecular weight is 256 g/mol. The molecule has 0 bridgehead atoms. The van der Waals surface area contributed by atoms with Crippen molar-refractivity contribution in [3.8, 4) is 0 Å². The van der Waals surface area contributed by atoms with E-state index < -0.39 is 11.6 Å². The molecule has 0 atom stereocenters. The summed E-state index contributed by atoms with van der Waals surface area (Å²) in [7, 11) is 1.72. The molecule has 3 nitrogen and oxygen atoms in total. The van der Waals surface area contributed by atoms with Crippen molar-refractivity contribution in [1.82, 2.24) is 10.2 Å². The molecule has 1 N–H and O–H groups in total. The molecule has 1 rings (SSSR count). The molecule has 0 aliphatic carbocycles. The Bertz CT molecular complexity index is 421. The van der Waals surface area contributed by atoms with Gasteiger partial charge in [0.05, 0.1) is 6.54 Å². The third-order valence-electron chi connectivity index (χ3n) is 2.77. The van der Waals surface area contributed by atoms with Gasteiger partial charge in [0, 0.05) is 31.3 Å². The standard InChI is InChI=1S/C13H18F2N2O/c1-9(2)17(3)13(18)8-16-7-10-4-5-11(14)6-12(10)15/h4-6,9,16H,7-8H2,1-3H3. The van der Waals surface area contributed by atoms with Crippen LogP contribution in [0, 0.1) is 11.6 Å². The third-order valence-corrected chi connectivity index (χ3v) is 2.77. The number of benzene rings is 1. The number of nitrogens with zero attached hydrogens (tertiary/aromatic N) is 1. The van der Waals surface area contributed by atoms with Crippen LogP contribution in [-0.2, 0) is 11.3 Å². The molecule has 5 heteroatoms. The average Bonchev–Trinajstić information content (AvgIpc) is 2.30. The minimum absolute atomic E-state index is 0.0625. The Kier molecular flexibility index (Phi) is 5.22. The summed E-state index contributed by atoms with van der Waals surface area (Å²) in [6, 6.07) is 3.53. The Balaban J connectivity index is 2.44. The lowest BCUT2D eigenvalue weighted by molar-refractivity contribution is -0.130. The highest BCUT2D eigenvalue weighted by Gasteiger charge is 2.11. The predicted octanol–water partition coefficient (Wildman–Crippen LogP) is 1.92. The van der Waals surface area contributed by atoms with E-state index in [0.29, 0.717) is 5.56 Å². The third kappa shape index (κ3) is 4.07. The lowest BCUT2D eigenvalue weighted by atomic mass is 10.2. The molecule has 0 fully saturated rings. The second kappa shape index (κ2) is 6.44. The molecule has 18 heavy (non-hydrogen) atoms. The van der Waals surface area contributed by atoms with Crippen molar-refractivity contribution < 1.29 is 13.6 Å². The zero-order valence-electron chi connectivity index (χ0n) is 10.8. The number of halogens is 2. The lowest BCUT2D eigenvalue weighted by Crippen LogP contribution is -2.39. The Morgan fingerprint density at radius 2 is 2.06 bits per heavy atom. The summed E-state index contributed by atoms with van der Waals surface area (Å²) in [5, 5.41) is 2.84. The summed E-state index contributed by atoms with van der Waals surface area (Å²) in [6.07, 6.45) is 0. The first-order valence-electron chi connectivity index (χ1n) is 5.82. The van der Waals surface area contributed by atoms with E-state index in [0.717, 1.165) is 6.07 Å². The number of nitrogens with one attached hydrogen (secondary N) is 1. The van der Waals surface area contributed by atoms with Crippen molar-refractivity contribution in [3.05, 3.63) is 35.4 Å². The van der Waals surface area contributed by atoms with Crippen LogP contribution in [-0.4, -0.2) is 30.4 Å². The summed E-state index contributed by atoms with van der Waals surface area (Å²) in [4.78, 5) is 13.2. The van der Waals surface area contributed by atoms with Gasteiger partial charge in [-0.05, 0) is 19.9 Å². The number of carbonyl (C=O) groups is 1. The molecular weight excluding hydrogens is 238 g/mol. The van der Waals surface area contributed by atoms with Gasteiger partial charge in [0.2, 0.25) is 5.91 Å². The molecule has 1 aromatic rings. The van der Waals surface area contributed by atoms with Crippen LogP contribution in [0.4, 0.5) is 8.78 Å². The summed E-state index contributed by atoms with van der Waals surface area (Å²) >= 11 is 0. The van der Waals surface area contributed by atoms with Gasteiger partial charge in [0.1, 0.15) is 11.6 Å². The minimum Gasteiger partial charge on any atom is -0.342 e. The zero-order valence-corrected chi connectivity index (χ0v) is 10.8. The second-order valence-corrected chi connectivity index (χ2v) is 4.44. The number of hydrogen-bond donors (Lipinski definition) is 1. The van der Waals surface area contributed by atoms with E-state index in [2.05, 4.69) is 5.32 Å². The van der Waals surface area contributed by atoms with Crippen molar-refractivity contribution >= 4 is 5.91 Å². The first kappa shape index (κ1) is 14.6. The van der Waals surface area contributed by atoms with Gasteiger partial charge >= 0.3 is 0 Å². The Morgan fingerprint density at radius 1 is 1.39 bits per heavy atom. The number of carbonyl (C=O) groups excluding carboxylic acids is 1. The Hall–Kier alpha value is -1.49. The summed E-state index contributed by atoms with van der Waals surface area (Å²) in [6.45, 7) is 4.16. The number of rotatable bonds is 5. The molecule has 1 aromatic carbocycles. The quantitative estimate of drug-likeness (QED) is 0.873. The molecule has 0 saturated heterocycles. The summed E-state index contributed by atoms with van der Waals surface area (Å²) < 4.78 is 26.0. The maximum atomic E-state index is 13.3. The van der Waals surface area contributed by atoms with Gasteiger partial charge < -0.3 is 10.2 Å². The maximum absolute atomic E-state index is 13.3. The van der Waals surface area contributed by atoms with Gasteiger partial charge in [0.25, 0.3) is 0 Å². The SMILES string of the molecule is CC(C)N(C)C(=O)CNCc1ccc(F)cc1F. The monoisotopic (exact) mass is 256 g/mol. The first-order chi connectivity index (χ1) is 8.41. The smallest absolute Gasteiger partial charge is 0.236 e. The van der Waals surface area contributed by atoms with Gasteiger partial charge in [-0.2, -0.15) is 0 Å². The summed E-state index contributed by atoms with van der Waals surface area (Å²) in [5.74, 6) is -1.27. The molecule has 0 aromatic heterocycles. The first-order valence-corrected chi connectivity index (χ1v) is 5.82. The topological polar surface area (TPSA) is 32.3 Å². The highest BCUT2D eigenvalue weighted by molar-refractivity contribution is 5.78. The van der Waals surface area contributed by atoms with Crippen molar-refractivity contribution in [2.24, 2.45) is 0 Å². The van der Waals surface area contributed by atoms with Crippen LogP contribution in [0.2, 0.25) is 0 Å². The molecule has 0 unspecified atom stereocenters. The van der Waals surface area contributed by atoms with E-state index in [1.54, 1.807) is 11.9 Å². The molecule has 100 valence electrons.